The second kappa shape index (κ2) is 6.84. The van der Waals surface area contributed by atoms with Gasteiger partial charge in [-0.05, 0) is 12.1 Å². The van der Waals surface area contributed by atoms with Gasteiger partial charge in [0.15, 0.2) is 5.13 Å². The lowest BCUT2D eigenvalue weighted by atomic mass is 10.1. The van der Waals surface area contributed by atoms with Gasteiger partial charge in [-0.3, -0.25) is 4.79 Å². The highest BCUT2D eigenvalue weighted by molar-refractivity contribution is 7.13. The number of nitrogen functional groups attached to an aromatic ring is 1. The average Bonchev–Trinajstić information content (AvgIpc) is 2.99. The van der Waals surface area contributed by atoms with Gasteiger partial charge in [0.05, 0.1) is 16.8 Å². The van der Waals surface area contributed by atoms with E-state index < -0.39 is 0 Å². The molecule has 124 valence electrons. The quantitative estimate of drug-likeness (QED) is 0.744. The van der Waals surface area contributed by atoms with Crippen LogP contribution in [-0.4, -0.2) is 36.5 Å². The zero-order valence-corrected chi connectivity index (χ0v) is 14.4. The molecule has 0 atom stereocenters. The number of para-hydroxylation sites is 1. The molecule has 2 aromatic heterocycles. The lowest BCUT2D eigenvalue weighted by Gasteiger charge is -2.15. The van der Waals surface area contributed by atoms with Crippen molar-refractivity contribution in [1.29, 1.82) is 0 Å². The van der Waals surface area contributed by atoms with E-state index in [1.807, 2.05) is 54.7 Å². The molecule has 24 heavy (non-hydrogen) atoms. The zero-order valence-electron chi connectivity index (χ0n) is 13.6. The van der Waals surface area contributed by atoms with E-state index in [2.05, 4.69) is 15.3 Å². The van der Waals surface area contributed by atoms with Crippen molar-refractivity contribution in [3.8, 4) is 0 Å². The van der Waals surface area contributed by atoms with Gasteiger partial charge in [-0.2, -0.15) is 0 Å². The fraction of sp³-hybridized carbons (Fsp3) is 0.235. The average molecular weight is 341 g/mol. The first-order valence-electron chi connectivity index (χ1n) is 7.60. The summed E-state index contributed by atoms with van der Waals surface area (Å²) in [4.78, 5) is 23.3. The highest BCUT2D eigenvalue weighted by atomic mass is 32.1. The predicted molar refractivity (Wildman–Crippen MR) is 98.6 cm³/mol. The first-order valence-corrected chi connectivity index (χ1v) is 8.48. The van der Waals surface area contributed by atoms with E-state index in [0.717, 1.165) is 22.4 Å². The van der Waals surface area contributed by atoms with Crippen LogP contribution in [0.15, 0.2) is 35.7 Å². The fourth-order valence-corrected chi connectivity index (χ4v) is 3.01. The summed E-state index contributed by atoms with van der Waals surface area (Å²) in [5, 5.41) is 6.26. The molecule has 7 heteroatoms. The standard InChI is InChI=1S/C17H19N5OS/c1-22(2)15-9-13(12-5-3-4-6-14(12)21-15)16(23)19-8-7-11-10-24-17(18)20-11/h3-6,9-10H,7-8H2,1-2H3,(H2,18,20)(H,19,23). The molecule has 0 aliphatic carbocycles. The number of nitrogens with one attached hydrogen (secondary N) is 1. The third-order valence-electron chi connectivity index (χ3n) is 3.64. The molecule has 1 aromatic carbocycles. The van der Waals surface area contributed by atoms with E-state index in [0.29, 0.717) is 23.7 Å². The minimum absolute atomic E-state index is 0.111. The van der Waals surface area contributed by atoms with Crippen LogP contribution in [0.2, 0.25) is 0 Å². The van der Waals surface area contributed by atoms with Gasteiger partial charge in [-0.15, -0.1) is 11.3 Å². The summed E-state index contributed by atoms with van der Waals surface area (Å²) >= 11 is 1.41. The molecule has 3 N–H and O–H groups in total. The number of anilines is 2. The lowest BCUT2D eigenvalue weighted by Crippen LogP contribution is -2.26. The van der Waals surface area contributed by atoms with E-state index in [1.54, 1.807) is 0 Å². The van der Waals surface area contributed by atoms with Crippen LogP contribution in [0.3, 0.4) is 0 Å². The summed E-state index contributed by atoms with van der Waals surface area (Å²) in [7, 11) is 3.82. The summed E-state index contributed by atoms with van der Waals surface area (Å²) in [6.45, 7) is 0.510. The van der Waals surface area contributed by atoms with Crippen molar-refractivity contribution >= 4 is 39.1 Å². The zero-order chi connectivity index (χ0) is 17.1. The van der Waals surface area contributed by atoms with Gasteiger partial charge >= 0.3 is 0 Å². The Bertz CT molecular complexity index is 874. The normalized spacial score (nSPS) is 10.8. The number of hydrogen-bond donors (Lipinski definition) is 2. The first-order chi connectivity index (χ1) is 11.5. The number of benzene rings is 1. The van der Waals surface area contributed by atoms with Crippen molar-refractivity contribution in [2.24, 2.45) is 0 Å². The summed E-state index contributed by atoms with van der Waals surface area (Å²) < 4.78 is 0. The van der Waals surface area contributed by atoms with Crippen LogP contribution < -0.4 is 16.0 Å². The topological polar surface area (TPSA) is 84.1 Å². The summed E-state index contributed by atoms with van der Waals surface area (Å²) in [6, 6.07) is 9.48. The van der Waals surface area contributed by atoms with Crippen LogP contribution in [-0.2, 0) is 6.42 Å². The maximum Gasteiger partial charge on any atom is 0.252 e. The van der Waals surface area contributed by atoms with Crippen molar-refractivity contribution in [2.75, 3.05) is 31.3 Å². The van der Waals surface area contributed by atoms with Crippen molar-refractivity contribution in [2.45, 2.75) is 6.42 Å². The van der Waals surface area contributed by atoms with Gasteiger partial charge in [0.25, 0.3) is 5.91 Å². The van der Waals surface area contributed by atoms with Crippen LogP contribution in [0, 0.1) is 0 Å². The Morgan fingerprint density at radius 1 is 1.29 bits per heavy atom. The van der Waals surface area contributed by atoms with Crippen molar-refractivity contribution in [3.05, 3.63) is 47.0 Å². The van der Waals surface area contributed by atoms with E-state index >= 15 is 0 Å². The fourth-order valence-electron chi connectivity index (χ4n) is 2.42. The maximum absolute atomic E-state index is 12.6. The molecule has 6 nitrogen and oxygen atoms in total. The number of amides is 1. The van der Waals surface area contributed by atoms with Gasteiger partial charge < -0.3 is 16.0 Å². The highest BCUT2D eigenvalue weighted by Crippen LogP contribution is 2.22. The molecule has 0 saturated carbocycles. The van der Waals surface area contributed by atoms with Crippen molar-refractivity contribution in [1.82, 2.24) is 15.3 Å². The highest BCUT2D eigenvalue weighted by Gasteiger charge is 2.13. The minimum atomic E-state index is -0.111. The molecule has 1 amide bonds. The number of pyridine rings is 1. The van der Waals surface area contributed by atoms with Crippen LogP contribution >= 0.6 is 11.3 Å². The Kier molecular flexibility index (Phi) is 4.61. The Morgan fingerprint density at radius 3 is 2.79 bits per heavy atom. The number of nitrogens with zero attached hydrogens (tertiary/aromatic N) is 3. The van der Waals surface area contributed by atoms with Crippen LogP contribution in [0.25, 0.3) is 10.9 Å². The summed E-state index contributed by atoms with van der Waals surface area (Å²) in [5.74, 6) is 0.644. The Labute approximate surface area is 144 Å². The molecule has 0 bridgehead atoms. The molecule has 0 unspecified atom stereocenters. The predicted octanol–water partition coefficient (Wildman–Crippen LogP) is 2.31. The number of carbonyl (C=O) groups excluding carboxylic acids is 1. The second-order valence-electron chi connectivity index (χ2n) is 5.62. The molecule has 0 aliphatic rings. The largest absolute Gasteiger partial charge is 0.375 e. The first kappa shape index (κ1) is 16.2. The van der Waals surface area contributed by atoms with E-state index in [9.17, 15) is 4.79 Å². The smallest absolute Gasteiger partial charge is 0.252 e. The summed E-state index contributed by atoms with van der Waals surface area (Å²) in [5.41, 5.74) is 7.95. The molecule has 3 rings (SSSR count). The molecule has 0 aliphatic heterocycles. The monoisotopic (exact) mass is 341 g/mol. The Morgan fingerprint density at radius 2 is 2.08 bits per heavy atom. The number of thiazole rings is 1. The third kappa shape index (κ3) is 3.46. The van der Waals surface area contributed by atoms with E-state index in [4.69, 9.17) is 5.73 Å². The minimum Gasteiger partial charge on any atom is -0.375 e. The second-order valence-corrected chi connectivity index (χ2v) is 6.51. The van der Waals surface area contributed by atoms with Crippen LogP contribution in [0.4, 0.5) is 10.9 Å². The number of aromatic nitrogens is 2. The van der Waals surface area contributed by atoms with Gasteiger partial charge in [-0.25, -0.2) is 9.97 Å². The number of carbonyl (C=O) groups is 1. The molecule has 0 radical (unpaired) electrons. The molecule has 0 saturated heterocycles. The summed E-state index contributed by atoms with van der Waals surface area (Å²) in [6.07, 6.45) is 0.656. The van der Waals surface area contributed by atoms with Crippen molar-refractivity contribution < 1.29 is 4.79 Å². The number of nitrogens with two attached hydrogens (primary N) is 1. The number of rotatable bonds is 5. The van der Waals surface area contributed by atoms with Crippen LogP contribution in [0.5, 0.6) is 0 Å². The molecule has 3 aromatic rings. The number of hydrogen-bond acceptors (Lipinski definition) is 6. The molecule has 2 heterocycles. The van der Waals surface area contributed by atoms with Crippen LogP contribution in [0.1, 0.15) is 16.1 Å². The van der Waals surface area contributed by atoms with E-state index in [1.165, 1.54) is 11.3 Å². The third-order valence-corrected chi connectivity index (χ3v) is 4.36. The number of fused-ring (bicyclic) bond motifs is 1. The molecule has 0 fully saturated rings. The lowest BCUT2D eigenvalue weighted by molar-refractivity contribution is 0.0955. The SMILES string of the molecule is CN(C)c1cc(C(=O)NCCc2csc(N)n2)c2ccccc2n1. The molecule has 0 spiro atoms. The Hall–Kier alpha value is -2.67. The molecular formula is C17H19N5OS. The van der Waals surface area contributed by atoms with Crippen molar-refractivity contribution in [3.63, 3.8) is 0 Å². The van der Waals surface area contributed by atoms with Gasteiger partial charge in [0.1, 0.15) is 5.82 Å². The van der Waals surface area contributed by atoms with Gasteiger partial charge in [-0.1, -0.05) is 18.2 Å². The van der Waals surface area contributed by atoms with E-state index in [-0.39, 0.29) is 5.91 Å². The van der Waals surface area contributed by atoms with Gasteiger partial charge in [0, 0.05) is 37.8 Å². The maximum atomic E-state index is 12.6. The van der Waals surface area contributed by atoms with Gasteiger partial charge in [0.2, 0.25) is 0 Å². The Balaban J connectivity index is 1.80. The molecular weight excluding hydrogens is 322 g/mol.